The number of nitrogens with zero attached hydrogens (tertiary/aromatic N) is 2. The van der Waals surface area contributed by atoms with Gasteiger partial charge in [0.15, 0.2) is 0 Å². The molecular formula is C26H18N4O6. The topological polar surface area (TPSA) is 144 Å². The molecule has 4 aromatic rings. The second-order valence-corrected chi connectivity index (χ2v) is 7.61. The van der Waals surface area contributed by atoms with Crippen LogP contribution in [0.5, 0.6) is 0 Å². The molecule has 4 aromatic carbocycles. The first-order valence-corrected chi connectivity index (χ1v) is 10.6. The first-order chi connectivity index (χ1) is 17.3. The lowest BCUT2D eigenvalue weighted by atomic mass is 10.0. The maximum Gasteiger partial charge on any atom is 0.314 e. The molecule has 0 unspecified atom stereocenters. The molecule has 178 valence electrons. The highest BCUT2D eigenvalue weighted by Crippen LogP contribution is 2.33. The summed E-state index contributed by atoms with van der Waals surface area (Å²) in [5.41, 5.74) is 2.03. The van der Waals surface area contributed by atoms with E-state index in [4.69, 9.17) is 0 Å². The molecule has 4 rings (SSSR count). The number of hydrogen-bond donors (Lipinski definition) is 2. The standard InChI is InChI=1S/C26H18N4O6/c31-25(27-23-13-11-19(29(33)34)15-21(23)17-7-3-1-4-8-17)26(32)28-24-14-12-20(30(35)36)16-22(24)18-9-5-2-6-10-18/h1-16H,(H,27,31)(H,28,32). The molecule has 2 amide bonds. The van der Waals surface area contributed by atoms with Crippen molar-refractivity contribution in [3.63, 3.8) is 0 Å². The van der Waals surface area contributed by atoms with E-state index in [0.29, 0.717) is 22.3 Å². The number of carbonyl (C=O) groups excluding carboxylic acids is 2. The molecule has 0 radical (unpaired) electrons. The van der Waals surface area contributed by atoms with E-state index in [1.165, 1.54) is 36.4 Å². The van der Waals surface area contributed by atoms with E-state index in [9.17, 15) is 29.8 Å². The lowest BCUT2D eigenvalue weighted by Gasteiger charge is -2.13. The summed E-state index contributed by atoms with van der Waals surface area (Å²) in [6.07, 6.45) is 0. The minimum Gasteiger partial charge on any atom is -0.317 e. The molecule has 0 fully saturated rings. The first-order valence-electron chi connectivity index (χ1n) is 10.6. The van der Waals surface area contributed by atoms with Gasteiger partial charge in [-0.2, -0.15) is 0 Å². The summed E-state index contributed by atoms with van der Waals surface area (Å²) in [4.78, 5) is 47.0. The number of nitro groups is 2. The molecule has 2 N–H and O–H groups in total. The summed E-state index contributed by atoms with van der Waals surface area (Å²) >= 11 is 0. The molecule has 0 aliphatic carbocycles. The number of hydrogen-bond acceptors (Lipinski definition) is 6. The van der Waals surface area contributed by atoms with Crippen LogP contribution in [-0.2, 0) is 9.59 Å². The lowest BCUT2D eigenvalue weighted by Crippen LogP contribution is -2.29. The normalized spacial score (nSPS) is 10.3. The molecule has 0 saturated carbocycles. The summed E-state index contributed by atoms with van der Waals surface area (Å²) in [5, 5.41) is 27.5. The highest BCUT2D eigenvalue weighted by Gasteiger charge is 2.21. The van der Waals surface area contributed by atoms with Gasteiger partial charge in [0.2, 0.25) is 0 Å². The van der Waals surface area contributed by atoms with Gasteiger partial charge in [-0.25, -0.2) is 0 Å². The van der Waals surface area contributed by atoms with Crippen LogP contribution < -0.4 is 10.6 Å². The Morgan fingerprint density at radius 3 is 1.25 bits per heavy atom. The number of anilines is 2. The number of carbonyl (C=O) groups is 2. The van der Waals surface area contributed by atoms with Gasteiger partial charge in [0.25, 0.3) is 11.4 Å². The van der Waals surface area contributed by atoms with Crippen molar-refractivity contribution < 1.29 is 19.4 Å². The van der Waals surface area contributed by atoms with Crippen LogP contribution in [0, 0.1) is 20.2 Å². The van der Waals surface area contributed by atoms with Crippen molar-refractivity contribution in [2.24, 2.45) is 0 Å². The summed E-state index contributed by atoms with van der Waals surface area (Å²) in [6, 6.07) is 25.2. The van der Waals surface area contributed by atoms with E-state index in [1.807, 2.05) is 0 Å². The number of non-ortho nitro benzene ring substituents is 2. The predicted octanol–water partition coefficient (Wildman–Crippen LogP) is 5.41. The van der Waals surface area contributed by atoms with Crippen LogP contribution in [0.15, 0.2) is 97.1 Å². The zero-order chi connectivity index (χ0) is 25.7. The molecule has 0 aromatic heterocycles. The summed E-state index contributed by atoms with van der Waals surface area (Å²) in [5.74, 6) is -2.03. The van der Waals surface area contributed by atoms with Crippen LogP contribution in [0.1, 0.15) is 0 Å². The van der Waals surface area contributed by atoms with Crippen molar-refractivity contribution in [1.82, 2.24) is 0 Å². The van der Waals surface area contributed by atoms with E-state index >= 15 is 0 Å². The van der Waals surface area contributed by atoms with Crippen molar-refractivity contribution in [2.45, 2.75) is 0 Å². The lowest BCUT2D eigenvalue weighted by molar-refractivity contribution is -0.385. The maximum absolute atomic E-state index is 12.8. The van der Waals surface area contributed by atoms with Gasteiger partial charge in [0, 0.05) is 46.8 Å². The quantitative estimate of drug-likeness (QED) is 0.213. The zero-order valence-electron chi connectivity index (χ0n) is 18.6. The fraction of sp³-hybridized carbons (Fsp3) is 0. The van der Waals surface area contributed by atoms with E-state index in [-0.39, 0.29) is 22.7 Å². The highest BCUT2D eigenvalue weighted by atomic mass is 16.6. The van der Waals surface area contributed by atoms with Crippen LogP contribution in [0.4, 0.5) is 22.7 Å². The Kier molecular flexibility index (Phi) is 6.78. The second kappa shape index (κ2) is 10.3. The highest BCUT2D eigenvalue weighted by molar-refractivity contribution is 6.44. The number of benzene rings is 4. The molecule has 0 heterocycles. The largest absolute Gasteiger partial charge is 0.317 e. The predicted molar refractivity (Wildman–Crippen MR) is 134 cm³/mol. The summed E-state index contributed by atoms with van der Waals surface area (Å²) < 4.78 is 0. The fourth-order valence-electron chi connectivity index (χ4n) is 3.58. The van der Waals surface area contributed by atoms with Crippen molar-refractivity contribution in [2.75, 3.05) is 10.6 Å². The second-order valence-electron chi connectivity index (χ2n) is 7.61. The van der Waals surface area contributed by atoms with Crippen LogP contribution in [0.3, 0.4) is 0 Å². The van der Waals surface area contributed by atoms with Crippen LogP contribution in [0.25, 0.3) is 22.3 Å². The molecule has 0 spiro atoms. The minimum atomic E-state index is -1.02. The number of amides is 2. The average molecular weight is 482 g/mol. The molecule has 0 aliphatic rings. The third kappa shape index (κ3) is 5.23. The molecular weight excluding hydrogens is 464 g/mol. The Hall–Kier alpha value is -5.38. The number of rotatable bonds is 6. The molecule has 0 saturated heterocycles. The molecule has 0 aliphatic heterocycles. The Morgan fingerprint density at radius 2 is 0.917 bits per heavy atom. The third-order valence-corrected chi connectivity index (χ3v) is 5.30. The van der Waals surface area contributed by atoms with E-state index in [2.05, 4.69) is 10.6 Å². The molecule has 10 heteroatoms. The van der Waals surface area contributed by atoms with Gasteiger partial charge in [-0.3, -0.25) is 29.8 Å². The van der Waals surface area contributed by atoms with Gasteiger partial charge in [-0.1, -0.05) is 60.7 Å². The molecule has 0 atom stereocenters. The van der Waals surface area contributed by atoms with Gasteiger partial charge in [0.05, 0.1) is 9.85 Å². The Labute approximate surface area is 204 Å². The van der Waals surface area contributed by atoms with Crippen LogP contribution >= 0.6 is 0 Å². The average Bonchev–Trinajstić information content (AvgIpc) is 2.89. The number of nitro benzene ring substituents is 2. The van der Waals surface area contributed by atoms with Crippen molar-refractivity contribution in [3.05, 3.63) is 117 Å². The van der Waals surface area contributed by atoms with Crippen LogP contribution in [-0.4, -0.2) is 21.7 Å². The summed E-state index contributed by atoms with van der Waals surface area (Å²) in [7, 11) is 0. The van der Waals surface area contributed by atoms with Gasteiger partial charge >= 0.3 is 11.8 Å². The molecule has 10 nitrogen and oxygen atoms in total. The van der Waals surface area contributed by atoms with Crippen molar-refractivity contribution in [1.29, 1.82) is 0 Å². The first kappa shape index (κ1) is 23.8. The van der Waals surface area contributed by atoms with Gasteiger partial charge in [-0.15, -0.1) is 0 Å². The molecule has 0 bridgehead atoms. The molecule has 36 heavy (non-hydrogen) atoms. The van der Waals surface area contributed by atoms with E-state index in [0.717, 1.165) is 0 Å². The summed E-state index contributed by atoms with van der Waals surface area (Å²) in [6.45, 7) is 0. The van der Waals surface area contributed by atoms with Crippen LogP contribution in [0.2, 0.25) is 0 Å². The monoisotopic (exact) mass is 482 g/mol. The van der Waals surface area contributed by atoms with E-state index in [1.54, 1.807) is 60.7 Å². The Balaban J connectivity index is 1.62. The zero-order valence-corrected chi connectivity index (χ0v) is 18.6. The number of nitrogens with one attached hydrogen (secondary N) is 2. The third-order valence-electron chi connectivity index (χ3n) is 5.30. The minimum absolute atomic E-state index is 0.172. The fourth-order valence-corrected chi connectivity index (χ4v) is 3.58. The smallest absolute Gasteiger partial charge is 0.314 e. The SMILES string of the molecule is O=C(Nc1ccc([N+](=O)[O-])cc1-c1ccccc1)C(=O)Nc1ccc([N+](=O)[O-])cc1-c1ccccc1. The van der Waals surface area contributed by atoms with Gasteiger partial charge in [0.1, 0.15) is 0 Å². The van der Waals surface area contributed by atoms with E-state index < -0.39 is 21.7 Å². The van der Waals surface area contributed by atoms with Gasteiger partial charge < -0.3 is 10.6 Å². The van der Waals surface area contributed by atoms with Crippen molar-refractivity contribution >= 4 is 34.6 Å². The maximum atomic E-state index is 12.8. The van der Waals surface area contributed by atoms with Gasteiger partial charge in [-0.05, 0) is 23.3 Å². The Bertz CT molecular complexity index is 1360. The Morgan fingerprint density at radius 1 is 0.556 bits per heavy atom. The van der Waals surface area contributed by atoms with Crippen molar-refractivity contribution in [3.8, 4) is 22.3 Å².